The predicted octanol–water partition coefficient (Wildman–Crippen LogP) is 1.50. The number of urea groups is 2. The van der Waals surface area contributed by atoms with Crippen LogP contribution < -0.4 is 15.0 Å². The summed E-state index contributed by atoms with van der Waals surface area (Å²) < 4.78 is 11.9. The van der Waals surface area contributed by atoms with Crippen LogP contribution in [-0.2, 0) is 13.5 Å². The molecule has 1 aromatic carbocycles. The third-order valence-corrected chi connectivity index (χ3v) is 3.90. The van der Waals surface area contributed by atoms with Crippen molar-refractivity contribution in [2.24, 2.45) is 17.3 Å². The van der Waals surface area contributed by atoms with Crippen molar-refractivity contribution in [3.05, 3.63) is 28.2 Å². The van der Waals surface area contributed by atoms with E-state index in [1.165, 1.54) is 18.8 Å². The van der Waals surface area contributed by atoms with Gasteiger partial charge in [-0.1, -0.05) is 10.2 Å². The summed E-state index contributed by atoms with van der Waals surface area (Å²) in [6.45, 7) is -0.0221. The van der Waals surface area contributed by atoms with E-state index < -0.39 is 12.1 Å². The van der Waals surface area contributed by atoms with E-state index >= 15 is 0 Å². The molecule has 0 N–H and O–H groups in total. The van der Waals surface area contributed by atoms with Crippen LogP contribution in [0.25, 0.3) is 11.0 Å². The Hall–Kier alpha value is -3.30. The second-order valence-electron chi connectivity index (χ2n) is 5.29. The van der Waals surface area contributed by atoms with E-state index in [4.69, 9.17) is 9.47 Å². The lowest BCUT2D eigenvalue weighted by Crippen LogP contribution is -2.32. The molecule has 0 radical (unpaired) electrons. The lowest BCUT2D eigenvalue weighted by molar-refractivity contribution is 0.206. The van der Waals surface area contributed by atoms with E-state index in [2.05, 4.69) is 15.2 Å². The van der Waals surface area contributed by atoms with Crippen molar-refractivity contribution in [2.45, 2.75) is 6.42 Å². The minimum Gasteiger partial charge on any atom is -0.493 e. The van der Waals surface area contributed by atoms with Gasteiger partial charge in [-0.25, -0.2) is 19.5 Å². The molecule has 1 aromatic heterocycles. The molecule has 1 aliphatic heterocycles. The van der Waals surface area contributed by atoms with Crippen LogP contribution in [0.1, 0.15) is 5.69 Å². The minimum absolute atomic E-state index is 0.0221. The average molecular weight is 345 g/mol. The molecule has 0 saturated heterocycles. The topological polar surface area (TPSA) is 115 Å². The van der Waals surface area contributed by atoms with Gasteiger partial charge in [-0.15, -0.1) is 0 Å². The maximum atomic E-state index is 12.5. The molecule has 1 aliphatic rings. The van der Waals surface area contributed by atoms with Crippen LogP contribution >= 0.6 is 0 Å². The number of carbonyl (C=O) groups is 2. The van der Waals surface area contributed by atoms with Crippen LogP contribution in [0.4, 0.5) is 9.59 Å². The highest BCUT2D eigenvalue weighted by Gasteiger charge is 2.27. The van der Waals surface area contributed by atoms with Crippen LogP contribution in [0.3, 0.4) is 0 Å². The summed E-state index contributed by atoms with van der Waals surface area (Å²) in [7, 11) is 4.62. The second kappa shape index (κ2) is 6.30. The second-order valence-corrected chi connectivity index (χ2v) is 5.29. The van der Waals surface area contributed by atoms with Crippen LogP contribution in [0.15, 0.2) is 27.2 Å². The molecule has 4 amide bonds. The monoisotopic (exact) mass is 345 g/mol. The standard InChI is InChI=1S/C15H15N5O5/c1-19-10-7-12(25-3)11(24-2)6-9(10)16-8(13(19)21)4-5-20-14(22)17-18-15(20)23/h6-7H,4-5H2,1-3H3. The highest BCUT2D eigenvalue weighted by atomic mass is 16.5. The SMILES string of the molecule is COc1cc2nc(CCN3C(=O)N=NC3=O)c(=O)n(C)c2cc1OC. The van der Waals surface area contributed by atoms with Crippen molar-refractivity contribution in [2.75, 3.05) is 20.8 Å². The van der Waals surface area contributed by atoms with Crippen LogP contribution in [0.5, 0.6) is 11.5 Å². The molecule has 130 valence electrons. The van der Waals surface area contributed by atoms with E-state index in [-0.39, 0.29) is 24.2 Å². The Morgan fingerprint density at radius 1 is 1.00 bits per heavy atom. The molecule has 10 nitrogen and oxygen atoms in total. The number of hydrogen-bond acceptors (Lipinski definition) is 6. The molecule has 0 saturated carbocycles. The maximum Gasteiger partial charge on any atom is 0.370 e. The lowest BCUT2D eigenvalue weighted by atomic mass is 10.2. The van der Waals surface area contributed by atoms with Crippen molar-refractivity contribution in [3.8, 4) is 11.5 Å². The highest BCUT2D eigenvalue weighted by molar-refractivity contribution is 5.98. The zero-order chi connectivity index (χ0) is 18.1. The van der Waals surface area contributed by atoms with Gasteiger partial charge in [-0.05, 0) is 0 Å². The number of benzene rings is 1. The first-order valence-corrected chi connectivity index (χ1v) is 7.35. The van der Waals surface area contributed by atoms with E-state index in [1.807, 2.05) is 0 Å². The van der Waals surface area contributed by atoms with Crippen LogP contribution in [0, 0.1) is 0 Å². The Morgan fingerprint density at radius 3 is 2.20 bits per heavy atom. The number of amides is 4. The normalized spacial score (nSPS) is 13.8. The molecule has 0 fully saturated rings. The fourth-order valence-corrected chi connectivity index (χ4v) is 2.56. The molecule has 0 aliphatic carbocycles. The first-order valence-electron chi connectivity index (χ1n) is 7.35. The number of methoxy groups -OCH3 is 2. The van der Waals surface area contributed by atoms with Gasteiger partial charge in [0.25, 0.3) is 5.56 Å². The van der Waals surface area contributed by atoms with Gasteiger partial charge in [0.1, 0.15) is 5.69 Å². The molecule has 0 unspecified atom stereocenters. The lowest BCUT2D eigenvalue weighted by Gasteiger charge is -2.13. The molecule has 0 bridgehead atoms. The van der Waals surface area contributed by atoms with Gasteiger partial charge in [-0.3, -0.25) is 4.79 Å². The first-order chi connectivity index (χ1) is 12.0. The molecule has 0 spiro atoms. The average Bonchev–Trinajstić information content (AvgIpc) is 2.94. The summed E-state index contributed by atoms with van der Waals surface area (Å²) >= 11 is 0. The number of hydrogen-bond donors (Lipinski definition) is 0. The number of rotatable bonds is 5. The number of aryl methyl sites for hydroxylation is 1. The van der Waals surface area contributed by atoms with Gasteiger partial charge in [0, 0.05) is 32.1 Å². The van der Waals surface area contributed by atoms with Crippen molar-refractivity contribution in [1.29, 1.82) is 0 Å². The smallest absolute Gasteiger partial charge is 0.370 e. The highest BCUT2D eigenvalue weighted by Crippen LogP contribution is 2.30. The van der Waals surface area contributed by atoms with E-state index in [0.29, 0.717) is 22.5 Å². The van der Waals surface area contributed by atoms with Gasteiger partial charge < -0.3 is 14.0 Å². The van der Waals surface area contributed by atoms with Crippen molar-refractivity contribution in [1.82, 2.24) is 14.5 Å². The van der Waals surface area contributed by atoms with Crippen molar-refractivity contribution >= 4 is 23.1 Å². The molecule has 10 heteroatoms. The number of ether oxygens (including phenoxy) is 2. The molecular formula is C15H15N5O5. The molecule has 3 rings (SSSR count). The summed E-state index contributed by atoms with van der Waals surface area (Å²) in [5.74, 6) is 0.964. The largest absolute Gasteiger partial charge is 0.493 e. The van der Waals surface area contributed by atoms with Crippen LogP contribution in [-0.4, -0.2) is 47.3 Å². The number of imide groups is 1. The van der Waals surface area contributed by atoms with Gasteiger partial charge in [0.2, 0.25) is 0 Å². The summed E-state index contributed by atoms with van der Waals surface area (Å²) in [6.07, 6.45) is 0.0967. The maximum absolute atomic E-state index is 12.5. The van der Waals surface area contributed by atoms with Gasteiger partial charge in [0.15, 0.2) is 11.5 Å². The molecule has 25 heavy (non-hydrogen) atoms. The first kappa shape index (κ1) is 16.6. The Labute approximate surface area is 141 Å². The number of azo groups is 1. The number of nitrogens with zero attached hydrogens (tertiary/aromatic N) is 5. The number of aromatic nitrogens is 2. The number of fused-ring (bicyclic) bond motifs is 1. The third kappa shape index (κ3) is 2.82. The van der Waals surface area contributed by atoms with Gasteiger partial charge >= 0.3 is 12.1 Å². The van der Waals surface area contributed by atoms with Crippen molar-refractivity contribution in [3.63, 3.8) is 0 Å². The zero-order valence-corrected chi connectivity index (χ0v) is 13.8. The molecule has 0 atom stereocenters. The Balaban J connectivity index is 1.99. The van der Waals surface area contributed by atoms with Gasteiger partial charge in [0.05, 0.1) is 25.3 Å². The Morgan fingerprint density at radius 2 is 1.60 bits per heavy atom. The fraction of sp³-hybridized carbons (Fsp3) is 0.333. The van der Waals surface area contributed by atoms with Crippen LogP contribution in [0.2, 0.25) is 0 Å². The Kier molecular flexibility index (Phi) is 4.17. The Bertz CT molecular complexity index is 947. The number of carbonyl (C=O) groups excluding carboxylic acids is 2. The summed E-state index contributed by atoms with van der Waals surface area (Å²) in [4.78, 5) is 40.6. The fourth-order valence-electron chi connectivity index (χ4n) is 2.56. The molecule has 2 aromatic rings. The van der Waals surface area contributed by atoms with E-state index in [1.54, 1.807) is 19.2 Å². The third-order valence-electron chi connectivity index (χ3n) is 3.90. The predicted molar refractivity (Wildman–Crippen MR) is 86.1 cm³/mol. The minimum atomic E-state index is -0.742. The summed E-state index contributed by atoms with van der Waals surface area (Å²) in [5.41, 5.74) is 0.996. The summed E-state index contributed by atoms with van der Waals surface area (Å²) in [6, 6.07) is 1.84. The molecular weight excluding hydrogens is 330 g/mol. The van der Waals surface area contributed by atoms with E-state index in [9.17, 15) is 14.4 Å². The zero-order valence-electron chi connectivity index (χ0n) is 13.8. The quantitative estimate of drug-likeness (QED) is 0.811. The van der Waals surface area contributed by atoms with E-state index in [0.717, 1.165) is 4.90 Å². The molecule has 2 heterocycles. The van der Waals surface area contributed by atoms with Gasteiger partial charge in [-0.2, -0.15) is 0 Å². The summed E-state index contributed by atoms with van der Waals surface area (Å²) in [5, 5.41) is 6.34. The van der Waals surface area contributed by atoms with Crippen molar-refractivity contribution < 1.29 is 19.1 Å².